The van der Waals surface area contributed by atoms with Crippen molar-refractivity contribution in [3.8, 4) is 0 Å². The number of hydrogen-bond acceptors (Lipinski definition) is 4. The minimum atomic E-state index is -3.74. The van der Waals surface area contributed by atoms with E-state index in [1.165, 1.54) is 18.4 Å². The number of para-hydroxylation sites is 1. The molecular weight excluding hydrogens is 390 g/mol. The fraction of sp³-hybridized carbons (Fsp3) is 0.0952. The summed E-state index contributed by atoms with van der Waals surface area (Å²) in [7, 11) is -3.74. The Hall–Kier alpha value is -3.36. The Kier molecular flexibility index (Phi) is 5.20. The minimum absolute atomic E-state index is 0.0481. The Morgan fingerprint density at radius 1 is 1.03 bits per heavy atom. The molecule has 0 saturated heterocycles. The number of furan rings is 1. The average molecular weight is 409 g/mol. The molecule has 2 heterocycles. The molecule has 0 saturated carbocycles. The monoisotopic (exact) mass is 409 g/mol. The van der Waals surface area contributed by atoms with Crippen LogP contribution in [0.2, 0.25) is 0 Å². The fourth-order valence-corrected chi connectivity index (χ4v) is 4.10. The molecule has 0 fully saturated rings. The number of anilines is 1. The van der Waals surface area contributed by atoms with Crippen LogP contribution in [0.3, 0.4) is 0 Å². The van der Waals surface area contributed by atoms with Crippen molar-refractivity contribution >= 4 is 32.5 Å². The van der Waals surface area contributed by atoms with Gasteiger partial charge in [0.25, 0.3) is 0 Å². The van der Waals surface area contributed by atoms with Gasteiger partial charge in [0.2, 0.25) is 15.9 Å². The Morgan fingerprint density at radius 3 is 2.72 bits per heavy atom. The number of nitrogens with one attached hydrogen (secondary N) is 3. The molecule has 2 aromatic heterocycles. The van der Waals surface area contributed by atoms with Crippen molar-refractivity contribution in [2.24, 2.45) is 0 Å². The van der Waals surface area contributed by atoms with E-state index in [1.807, 2.05) is 30.5 Å². The predicted molar refractivity (Wildman–Crippen MR) is 110 cm³/mol. The van der Waals surface area contributed by atoms with Gasteiger partial charge in [0, 0.05) is 22.8 Å². The minimum Gasteiger partial charge on any atom is -0.468 e. The van der Waals surface area contributed by atoms with Crippen molar-refractivity contribution in [1.82, 2.24) is 9.71 Å². The molecule has 7 nitrogen and oxygen atoms in total. The molecule has 8 heteroatoms. The van der Waals surface area contributed by atoms with E-state index < -0.39 is 10.0 Å². The Morgan fingerprint density at radius 2 is 1.90 bits per heavy atom. The highest BCUT2D eigenvalue weighted by molar-refractivity contribution is 7.89. The van der Waals surface area contributed by atoms with E-state index in [2.05, 4.69) is 15.0 Å². The van der Waals surface area contributed by atoms with Crippen molar-refractivity contribution in [1.29, 1.82) is 0 Å². The SMILES string of the molecule is O=C(Cc1c[nH]c2ccccc12)Nc1cccc(S(=O)(=O)NCc2ccco2)c1. The van der Waals surface area contributed by atoms with Crippen LogP contribution in [-0.4, -0.2) is 19.3 Å². The molecule has 0 bridgehead atoms. The first-order valence-corrected chi connectivity index (χ1v) is 10.5. The second-order valence-electron chi connectivity index (χ2n) is 6.52. The zero-order valence-corrected chi connectivity index (χ0v) is 16.2. The van der Waals surface area contributed by atoms with Gasteiger partial charge >= 0.3 is 0 Å². The number of sulfonamides is 1. The molecule has 0 aliphatic rings. The molecule has 2 aromatic carbocycles. The second kappa shape index (κ2) is 7.94. The van der Waals surface area contributed by atoms with Gasteiger partial charge < -0.3 is 14.7 Å². The third kappa shape index (κ3) is 4.39. The lowest BCUT2D eigenvalue weighted by atomic mass is 10.1. The number of rotatable bonds is 7. The van der Waals surface area contributed by atoms with Crippen LogP contribution in [0.25, 0.3) is 10.9 Å². The maximum Gasteiger partial charge on any atom is 0.241 e. The summed E-state index contributed by atoms with van der Waals surface area (Å²) in [5.74, 6) is 0.282. The highest BCUT2D eigenvalue weighted by Gasteiger charge is 2.16. The Bertz CT molecular complexity index is 1240. The van der Waals surface area contributed by atoms with Gasteiger partial charge in [-0.2, -0.15) is 0 Å². The topological polar surface area (TPSA) is 104 Å². The molecule has 0 spiro atoms. The zero-order chi connectivity index (χ0) is 20.3. The van der Waals surface area contributed by atoms with Gasteiger partial charge in [-0.1, -0.05) is 24.3 Å². The van der Waals surface area contributed by atoms with Crippen molar-refractivity contribution < 1.29 is 17.6 Å². The number of H-pyrrole nitrogens is 1. The molecule has 0 aliphatic heterocycles. The van der Waals surface area contributed by atoms with Gasteiger partial charge in [-0.3, -0.25) is 4.79 Å². The molecule has 0 radical (unpaired) electrons. The maximum atomic E-state index is 12.5. The van der Waals surface area contributed by atoms with Crippen LogP contribution in [0.1, 0.15) is 11.3 Å². The molecule has 3 N–H and O–H groups in total. The molecule has 1 amide bonds. The van der Waals surface area contributed by atoms with Crippen molar-refractivity contribution in [3.05, 3.63) is 84.4 Å². The van der Waals surface area contributed by atoms with E-state index >= 15 is 0 Å². The van der Waals surface area contributed by atoms with E-state index in [0.717, 1.165) is 16.5 Å². The van der Waals surface area contributed by atoms with Crippen LogP contribution in [0.4, 0.5) is 5.69 Å². The molecule has 0 unspecified atom stereocenters. The largest absolute Gasteiger partial charge is 0.468 e. The van der Waals surface area contributed by atoms with Crippen LogP contribution in [-0.2, 0) is 27.8 Å². The second-order valence-corrected chi connectivity index (χ2v) is 8.28. The summed E-state index contributed by atoms with van der Waals surface area (Å²) in [5, 5.41) is 3.75. The first-order chi connectivity index (χ1) is 14.0. The summed E-state index contributed by atoms with van der Waals surface area (Å²) in [6, 6.07) is 17.2. The van der Waals surface area contributed by atoms with Crippen LogP contribution < -0.4 is 10.0 Å². The third-order valence-corrected chi connectivity index (χ3v) is 5.87. The summed E-state index contributed by atoms with van der Waals surface area (Å²) in [4.78, 5) is 15.7. The first kappa shape index (κ1) is 19.0. The number of benzene rings is 2. The van der Waals surface area contributed by atoms with E-state index in [0.29, 0.717) is 11.4 Å². The summed E-state index contributed by atoms with van der Waals surface area (Å²) < 4.78 is 32.6. The molecular formula is C21H19N3O4S. The smallest absolute Gasteiger partial charge is 0.241 e. The summed E-state index contributed by atoms with van der Waals surface area (Å²) in [5.41, 5.74) is 2.25. The van der Waals surface area contributed by atoms with E-state index in [4.69, 9.17) is 4.42 Å². The van der Waals surface area contributed by atoms with Gasteiger partial charge in [0.15, 0.2) is 0 Å². The number of fused-ring (bicyclic) bond motifs is 1. The Balaban J connectivity index is 1.44. The molecule has 148 valence electrons. The van der Waals surface area contributed by atoms with Gasteiger partial charge in [0.05, 0.1) is 24.1 Å². The first-order valence-electron chi connectivity index (χ1n) is 8.98. The number of amides is 1. The van der Waals surface area contributed by atoms with Crippen LogP contribution >= 0.6 is 0 Å². The molecule has 0 atom stereocenters. The highest BCUT2D eigenvalue weighted by atomic mass is 32.2. The number of aromatic nitrogens is 1. The standard InChI is InChI=1S/C21H19N3O4S/c25-21(11-15-13-22-20-9-2-1-8-19(15)20)24-16-5-3-7-18(12-16)29(26,27)23-14-17-6-4-10-28-17/h1-10,12-13,22-23H,11,14H2,(H,24,25). The summed E-state index contributed by atoms with van der Waals surface area (Å²) in [6.07, 6.45) is 3.47. The van der Waals surface area contributed by atoms with E-state index in [1.54, 1.807) is 24.3 Å². The molecule has 0 aliphatic carbocycles. The number of aromatic amines is 1. The van der Waals surface area contributed by atoms with E-state index in [9.17, 15) is 13.2 Å². The van der Waals surface area contributed by atoms with Gasteiger partial charge in [-0.15, -0.1) is 0 Å². The van der Waals surface area contributed by atoms with Gasteiger partial charge in [-0.25, -0.2) is 13.1 Å². The normalized spacial score (nSPS) is 11.6. The zero-order valence-electron chi connectivity index (χ0n) is 15.4. The van der Waals surface area contributed by atoms with Crippen molar-refractivity contribution in [2.75, 3.05) is 5.32 Å². The lowest BCUT2D eigenvalue weighted by Crippen LogP contribution is -2.23. The van der Waals surface area contributed by atoms with Gasteiger partial charge in [0.1, 0.15) is 5.76 Å². The third-order valence-electron chi connectivity index (χ3n) is 4.47. The lowest BCUT2D eigenvalue weighted by molar-refractivity contribution is -0.115. The average Bonchev–Trinajstić information content (AvgIpc) is 3.37. The fourth-order valence-electron chi connectivity index (χ4n) is 3.06. The highest BCUT2D eigenvalue weighted by Crippen LogP contribution is 2.20. The Labute approximate surface area is 167 Å². The molecule has 4 rings (SSSR count). The van der Waals surface area contributed by atoms with Gasteiger partial charge in [-0.05, 0) is 42.0 Å². The summed E-state index contributed by atoms with van der Waals surface area (Å²) in [6.45, 7) is 0.0481. The molecule has 29 heavy (non-hydrogen) atoms. The van der Waals surface area contributed by atoms with E-state index in [-0.39, 0.29) is 23.8 Å². The van der Waals surface area contributed by atoms with Crippen LogP contribution in [0.5, 0.6) is 0 Å². The molecule has 4 aromatic rings. The number of carbonyl (C=O) groups is 1. The van der Waals surface area contributed by atoms with Crippen molar-refractivity contribution in [3.63, 3.8) is 0 Å². The quantitative estimate of drug-likeness (QED) is 0.435. The van der Waals surface area contributed by atoms with Crippen LogP contribution in [0, 0.1) is 0 Å². The van der Waals surface area contributed by atoms with Crippen molar-refractivity contribution in [2.45, 2.75) is 17.9 Å². The number of hydrogen-bond donors (Lipinski definition) is 3. The van der Waals surface area contributed by atoms with Crippen LogP contribution in [0.15, 0.2) is 82.4 Å². The number of carbonyl (C=O) groups excluding carboxylic acids is 1. The predicted octanol–water partition coefficient (Wildman–Crippen LogP) is 3.42. The summed E-state index contributed by atoms with van der Waals surface area (Å²) >= 11 is 0. The lowest BCUT2D eigenvalue weighted by Gasteiger charge is -2.09. The maximum absolute atomic E-state index is 12.5.